The molecule has 168 valence electrons. The molecular weight excluding hydrogens is 485 g/mol. The molecule has 0 aliphatic carbocycles. The molecule has 0 spiro atoms. The number of hydrogen-bond acceptors (Lipinski definition) is 4. The molecule has 0 atom stereocenters. The Kier molecular flexibility index (Phi) is 8.81. The van der Waals surface area contributed by atoms with Crippen LogP contribution in [-0.2, 0) is 22.9 Å². The van der Waals surface area contributed by atoms with Gasteiger partial charge in [-0.15, -0.1) is 5.10 Å². The van der Waals surface area contributed by atoms with Gasteiger partial charge >= 0.3 is 5.69 Å². The second kappa shape index (κ2) is 10.5. The fourth-order valence-corrected chi connectivity index (χ4v) is 4.42. The van der Waals surface area contributed by atoms with E-state index in [0.717, 1.165) is 12.1 Å². The Bertz CT molecular complexity index is 904. The van der Waals surface area contributed by atoms with E-state index >= 15 is 0 Å². The predicted molar refractivity (Wildman–Crippen MR) is 128 cm³/mol. The molecule has 0 bridgehead atoms. The number of benzene rings is 1. The molecule has 10 heteroatoms. The first-order valence-electron chi connectivity index (χ1n) is 10.2. The highest BCUT2D eigenvalue weighted by molar-refractivity contribution is 9.10. The predicted octanol–water partition coefficient (Wildman–Crippen LogP) is 5.24. The molecule has 0 unspecified atom stereocenters. The first-order chi connectivity index (χ1) is 13.9. The Morgan fingerprint density at radius 3 is 2.10 bits per heavy atom. The minimum absolute atomic E-state index is 0.0308. The van der Waals surface area contributed by atoms with Crippen molar-refractivity contribution in [3.63, 3.8) is 0 Å². The number of nitrogens with zero attached hydrogens (tertiary/aromatic N) is 3. The second-order valence-corrected chi connectivity index (χ2v) is 22.0. The van der Waals surface area contributed by atoms with Gasteiger partial charge in [-0.25, -0.2) is 9.18 Å². The van der Waals surface area contributed by atoms with Gasteiger partial charge in [-0.2, -0.15) is 4.68 Å². The number of halogens is 2. The molecule has 0 radical (unpaired) electrons. The molecule has 0 saturated carbocycles. The van der Waals surface area contributed by atoms with Crippen molar-refractivity contribution in [3.05, 3.63) is 39.0 Å². The van der Waals surface area contributed by atoms with Gasteiger partial charge in [-0.05, 0) is 30.3 Å². The van der Waals surface area contributed by atoms with Crippen LogP contribution >= 0.6 is 15.9 Å². The van der Waals surface area contributed by atoms with Gasteiger partial charge in [0.1, 0.15) is 19.3 Å². The average molecular weight is 519 g/mol. The maximum Gasteiger partial charge on any atom is 0.350 e. The second-order valence-electron chi connectivity index (χ2n) is 9.85. The van der Waals surface area contributed by atoms with Crippen LogP contribution in [0, 0.1) is 5.82 Å². The van der Waals surface area contributed by atoms with Crippen molar-refractivity contribution in [2.45, 2.75) is 64.8 Å². The first kappa shape index (κ1) is 25.2. The molecule has 0 saturated heterocycles. The molecule has 0 fully saturated rings. The molecule has 1 aromatic carbocycles. The van der Waals surface area contributed by atoms with Crippen LogP contribution in [0.25, 0.3) is 11.4 Å². The molecule has 0 aliphatic rings. The van der Waals surface area contributed by atoms with Crippen LogP contribution in [0.3, 0.4) is 0 Å². The van der Waals surface area contributed by atoms with Crippen LogP contribution in [0.15, 0.2) is 27.5 Å². The van der Waals surface area contributed by atoms with Gasteiger partial charge in [0, 0.05) is 33.8 Å². The summed E-state index contributed by atoms with van der Waals surface area (Å²) in [7, 11) is -2.48. The van der Waals surface area contributed by atoms with Crippen molar-refractivity contribution in [1.82, 2.24) is 14.3 Å². The molecule has 6 nitrogen and oxygen atoms in total. The highest BCUT2D eigenvalue weighted by atomic mass is 79.9. The Morgan fingerprint density at radius 2 is 1.57 bits per heavy atom. The zero-order valence-electron chi connectivity index (χ0n) is 18.8. The molecule has 0 amide bonds. The highest BCUT2D eigenvalue weighted by Gasteiger charge is 2.20. The van der Waals surface area contributed by atoms with Gasteiger partial charge in [-0.1, -0.05) is 55.2 Å². The molecule has 0 aliphatic heterocycles. The van der Waals surface area contributed by atoms with Crippen molar-refractivity contribution in [1.29, 1.82) is 0 Å². The van der Waals surface area contributed by atoms with E-state index in [4.69, 9.17) is 9.47 Å². The van der Waals surface area contributed by atoms with E-state index in [9.17, 15) is 9.18 Å². The standard InChI is InChI=1S/C20H33BrFN3O3Si2/c1-29(2,3)11-9-27-14-24-19(17-8-7-16(21)13-18(17)22)23-25(20(24)26)15-28-10-12-30(4,5)6/h7-8,13H,9-12,14-15H2,1-6H3. The lowest BCUT2D eigenvalue weighted by molar-refractivity contribution is 0.0692. The summed E-state index contributed by atoms with van der Waals surface area (Å²) in [6, 6.07) is 6.67. The normalized spacial score (nSPS) is 12.5. The Balaban J connectivity index is 2.23. The van der Waals surface area contributed by atoms with E-state index in [-0.39, 0.29) is 30.5 Å². The fraction of sp³-hybridized carbons (Fsp3) is 0.600. The largest absolute Gasteiger partial charge is 0.361 e. The lowest BCUT2D eigenvalue weighted by Gasteiger charge is -2.15. The minimum Gasteiger partial charge on any atom is -0.361 e. The summed E-state index contributed by atoms with van der Waals surface area (Å²) < 4.78 is 29.3. The van der Waals surface area contributed by atoms with Gasteiger partial charge in [0.15, 0.2) is 5.82 Å². The third-order valence-electron chi connectivity index (χ3n) is 4.52. The zero-order chi connectivity index (χ0) is 22.5. The van der Waals surface area contributed by atoms with Crippen molar-refractivity contribution < 1.29 is 13.9 Å². The summed E-state index contributed by atoms with van der Waals surface area (Å²) in [4.78, 5) is 12.9. The lowest BCUT2D eigenvalue weighted by Crippen LogP contribution is -2.28. The third-order valence-corrected chi connectivity index (χ3v) is 8.42. The number of hydrogen-bond donors (Lipinski definition) is 0. The van der Waals surface area contributed by atoms with Crippen molar-refractivity contribution >= 4 is 32.1 Å². The third kappa shape index (κ3) is 7.88. The van der Waals surface area contributed by atoms with Crippen molar-refractivity contribution in [2.75, 3.05) is 13.2 Å². The SMILES string of the molecule is C[Si](C)(C)CCOCn1nc(-c2ccc(Br)cc2F)n(COCC[Si](C)(C)C)c1=O. The van der Waals surface area contributed by atoms with Crippen molar-refractivity contribution in [2.24, 2.45) is 0 Å². The summed E-state index contributed by atoms with van der Waals surface area (Å²) >= 11 is 3.26. The smallest absolute Gasteiger partial charge is 0.350 e. The van der Waals surface area contributed by atoms with Crippen LogP contribution in [0.5, 0.6) is 0 Å². The van der Waals surface area contributed by atoms with Gasteiger partial charge in [-0.3, -0.25) is 4.57 Å². The summed E-state index contributed by atoms with van der Waals surface area (Å²) in [5.41, 5.74) is -0.113. The Morgan fingerprint density at radius 1 is 1.00 bits per heavy atom. The molecule has 30 heavy (non-hydrogen) atoms. The molecule has 2 rings (SSSR count). The first-order valence-corrected chi connectivity index (χ1v) is 18.4. The maximum atomic E-state index is 14.6. The zero-order valence-corrected chi connectivity index (χ0v) is 22.4. The van der Waals surface area contributed by atoms with Gasteiger partial charge in [0.25, 0.3) is 0 Å². The quantitative estimate of drug-likeness (QED) is 0.302. The van der Waals surface area contributed by atoms with E-state index in [1.54, 1.807) is 12.1 Å². The van der Waals surface area contributed by atoms with Gasteiger partial charge < -0.3 is 9.47 Å². The summed E-state index contributed by atoms with van der Waals surface area (Å²) in [5.74, 6) is -0.212. The highest BCUT2D eigenvalue weighted by Crippen LogP contribution is 2.23. The molecule has 1 aromatic heterocycles. The number of aromatic nitrogens is 3. The van der Waals surface area contributed by atoms with Crippen LogP contribution in [0.1, 0.15) is 0 Å². The minimum atomic E-state index is -1.25. The fourth-order valence-electron chi connectivity index (χ4n) is 2.58. The van der Waals surface area contributed by atoms with E-state index in [2.05, 4.69) is 60.3 Å². The summed E-state index contributed by atoms with van der Waals surface area (Å²) in [6.45, 7) is 14.8. The number of rotatable bonds is 11. The topological polar surface area (TPSA) is 58.3 Å². The van der Waals surface area contributed by atoms with E-state index in [0.29, 0.717) is 17.7 Å². The molecule has 0 N–H and O–H groups in total. The molecule has 1 heterocycles. The monoisotopic (exact) mass is 517 g/mol. The van der Waals surface area contributed by atoms with Crippen LogP contribution in [0.4, 0.5) is 4.39 Å². The summed E-state index contributed by atoms with van der Waals surface area (Å²) in [6.07, 6.45) is 0. The van der Waals surface area contributed by atoms with Crippen LogP contribution in [-0.4, -0.2) is 43.7 Å². The number of ether oxygens (including phenoxy) is 2. The van der Waals surface area contributed by atoms with E-state index in [1.165, 1.54) is 15.3 Å². The Hall–Kier alpha value is -1.08. The van der Waals surface area contributed by atoms with E-state index in [1.807, 2.05) is 0 Å². The van der Waals surface area contributed by atoms with Crippen LogP contribution in [0.2, 0.25) is 51.4 Å². The summed E-state index contributed by atoms with van der Waals surface area (Å²) in [5, 5.41) is 4.36. The van der Waals surface area contributed by atoms with Gasteiger partial charge in [0.2, 0.25) is 0 Å². The molecular formula is C20H33BrFN3O3Si2. The van der Waals surface area contributed by atoms with Crippen LogP contribution < -0.4 is 5.69 Å². The van der Waals surface area contributed by atoms with Crippen molar-refractivity contribution in [3.8, 4) is 11.4 Å². The maximum absolute atomic E-state index is 14.6. The van der Waals surface area contributed by atoms with Gasteiger partial charge in [0.05, 0.1) is 5.56 Å². The average Bonchev–Trinajstić information content (AvgIpc) is 2.90. The molecule has 2 aromatic rings. The lowest BCUT2D eigenvalue weighted by atomic mass is 10.2. The van der Waals surface area contributed by atoms with E-state index < -0.39 is 22.0 Å². The Labute approximate surface area is 188 Å².